The number of aliphatic imine (C=N–C) groups is 1. The van der Waals surface area contributed by atoms with Gasteiger partial charge in [0.25, 0.3) is 0 Å². The summed E-state index contributed by atoms with van der Waals surface area (Å²) in [5, 5.41) is 6.43. The van der Waals surface area contributed by atoms with Gasteiger partial charge in [0.15, 0.2) is 15.8 Å². The van der Waals surface area contributed by atoms with Crippen LogP contribution in [-0.4, -0.2) is 70.6 Å². The highest BCUT2D eigenvalue weighted by atomic mass is 32.2. The van der Waals surface area contributed by atoms with Crippen molar-refractivity contribution in [2.24, 2.45) is 4.99 Å². The summed E-state index contributed by atoms with van der Waals surface area (Å²) in [6, 6.07) is 6.47. The molecule has 6 nitrogen and oxygen atoms in total. The Morgan fingerprint density at radius 2 is 1.79 bits per heavy atom. The van der Waals surface area contributed by atoms with Crippen LogP contribution in [0.3, 0.4) is 0 Å². The molecule has 24 heavy (non-hydrogen) atoms. The van der Waals surface area contributed by atoms with Gasteiger partial charge in [-0.15, -0.1) is 0 Å². The lowest BCUT2D eigenvalue weighted by molar-refractivity contribution is 0.299. The first-order valence-corrected chi connectivity index (χ1v) is 9.92. The first-order chi connectivity index (χ1) is 11.5. The molecule has 0 amide bonds. The van der Waals surface area contributed by atoms with Gasteiger partial charge in [-0.3, -0.25) is 9.89 Å². The summed E-state index contributed by atoms with van der Waals surface area (Å²) in [4.78, 5) is 6.30. The smallest absolute Gasteiger partial charge is 0.191 e. The zero-order valence-corrected chi connectivity index (χ0v) is 14.8. The lowest BCUT2D eigenvalue weighted by Crippen LogP contribution is -2.46. The van der Waals surface area contributed by atoms with Crippen molar-refractivity contribution in [2.45, 2.75) is 6.42 Å². The van der Waals surface area contributed by atoms with Crippen molar-refractivity contribution in [1.82, 2.24) is 15.5 Å². The zero-order valence-electron chi connectivity index (χ0n) is 14.0. The molecule has 1 aliphatic rings. The number of nitrogens with zero attached hydrogens (tertiary/aromatic N) is 2. The Bertz CT molecular complexity index is 633. The van der Waals surface area contributed by atoms with Gasteiger partial charge in [0.1, 0.15) is 5.82 Å². The Hall–Kier alpha value is -1.67. The molecule has 134 valence electrons. The summed E-state index contributed by atoms with van der Waals surface area (Å²) in [6.45, 7) is 3.39. The molecule has 8 heteroatoms. The molecular formula is C16H25FN4O2S. The Kier molecular flexibility index (Phi) is 6.99. The molecule has 0 aliphatic carbocycles. The number of sulfone groups is 1. The van der Waals surface area contributed by atoms with Crippen LogP contribution in [0, 0.1) is 5.82 Å². The standard InChI is InChI=1S/C16H25FN4O2S/c1-18-16(19-7-6-14-2-4-15(17)5-3-14)20-8-9-21-10-12-24(22,23)13-11-21/h2-5H,6-13H2,1H3,(H2,18,19,20). The number of halogens is 1. The van der Waals surface area contributed by atoms with E-state index in [9.17, 15) is 12.8 Å². The summed E-state index contributed by atoms with van der Waals surface area (Å²) in [5.74, 6) is 0.978. The Morgan fingerprint density at radius 1 is 1.17 bits per heavy atom. The number of hydrogen-bond donors (Lipinski definition) is 2. The van der Waals surface area contributed by atoms with Crippen LogP contribution in [-0.2, 0) is 16.3 Å². The molecule has 0 saturated carbocycles. The molecule has 1 aliphatic heterocycles. The van der Waals surface area contributed by atoms with Crippen LogP contribution in [0.25, 0.3) is 0 Å². The molecular weight excluding hydrogens is 331 g/mol. The van der Waals surface area contributed by atoms with Crippen molar-refractivity contribution in [3.05, 3.63) is 35.6 Å². The van der Waals surface area contributed by atoms with Crippen LogP contribution in [0.1, 0.15) is 5.56 Å². The predicted octanol–water partition coefficient (Wildman–Crippen LogP) is 0.264. The molecule has 2 rings (SSSR count). The fraction of sp³-hybridized carbons (Fsp3) is 0.562. The van der Waals surface area contributed by atoms with Crippen molar-refractivity contribution in [3.8, 4) is 0 Å². The van der Waals surface area contributed by atoms with Crippen molar-refractivity contribution >= 4 is 15.8 Å². The van der Waals surface area contributed by atoms with Crippen LogP contribution in [0.4, 0.5) is 4.39 Å². The van der Waals surface area contributed by atoms with Crippen molar-refractivity contribution < 1.29 is 12.8 Å². The molecule has 1 fully saturated rings. The fourth-order valence-corrected chi connectivity index (χ4v) is 3.78. The first kappa shape index (κ1) is 18.7. The molecule has 0 aromatic heterocycles. The molecule has 1 aromatic carbocycles. The van der Waals surface area contributed by atoms with Crippen molar-refractivity contribution in [2.75, 3.05) is 51.3 Å². The Morgan fingerprint density at radius 3 is 2.42 bits per heavy atom. The number of hydrogen-bond acceptors (Lipinski definition) is 4. The predicted molar refractivity (Wildman–Crippen MR) is 94.6 cm³/mol. The average Bonchev–Trinajstić information content (AvgIpc) is 2.56. The summed E-state index contributed by atoms with van der Waals surface area (Å²) in [7, 11) is -1.12. The van der Waals surface area contributed by atoms with Gasteiger partial charge in [-0.2, -0.15) is 0 Å². The Balaban J connectivity index is 1.63. The second-order valence-corrected chi connectivity index (χ2v) is 8.10. The normalized spacial score (nSPS) is 18.3. The highest BCUT2D eigenvalue weighted by Gasteiger charge is 2.20. The van der Waals surface area contributed by atoms with E-state index in [-0.39, 0.29) is 17.3 Å². The average molecular weight is 356 g/mol. The third kappa shape index (κ3) is 6.45. The summed E-state index contributed by atoms with van der Waals surface area (Å²) < 4.78 is 35.6. The van der Waals surface area contributed by atoms with Gasteiger partial charge in [0.2, 0.25) is 0 Å². The fourth-order valence-electron chi connectivity index (χ4n) is 2.50. The lowest BCUT2D eigenvalue weighted by atomic mass is 10.1. The molecule has 0 atom stereocenters. The molecule has 2 N–H and O–H groups in total. The van der Waals surface area contributed by atoms with Crippen LogP contribution in [0.15, 0.2) is 29.3 Å². The topological polar surface area (TPSA) is 73.8 Å². The minimum Gasteiger partial charge on any atom is -0.356 e. The van der Waals surface area contributed by atoms with Gasteiger partial charge in [0.05, 0.1) is 11.5 Å². The molecule has 0 unspecified atom stereocenters. The van der Waals surface area contributed by atoms with E-state index < -0.39 is 9.84 Å². The maximum absolute atomic E-state index is 12.8. The van der Waals surface area contributed by atoms with E-state index >= 15 is 0 Å². The minimum absolute atomic E-state index is 0.227. The SMILES string of the molecule is CN=C(NCCc1ccc(F)cc1)NCCN1CCS(=O)(=O)CC1. The minimum atomic E-state index is -2.82. The highest BCUT2D eigenvalue weighted by Crippen LogP contribution is 2.03. The van der Waals surface area contributed by atoms with Gasteiger partial charge in [-0.25, -0.2) is 12.8 Å². The largest absolute Gasteiger partial charge is 0.356 e. The maximum atomic E-state index is 12.8. The second-order valence-electron chi connectivity index (χ2n) is 5.80. The van der Waals surface area contributed by atoms with E-state index in [0.717, 1.165) is 18.5 Å². The van der Waals surface area contributed by atoms with Gasteiger partial charge in [-0.1, -0.05) is 12.1 Å². The monoisotopic (exact) mass is 356 g/mol. The van der Waals surface area contributed by atoms with Crippen LogP contribution >= 0.6 is 0 Å². The van der Waals surface area contributed by atoms with Crippen LogP contribution < -0.4 is 10.6 Å². The molecule has 0 bridgehead atoms. The number of nitrogens with one attached hydrogen (secondary N) is 2. The van der Waals surface area contributed by atoms with Crippen LogP contribution in [0.2, 0.25) is 0 Å². The number of rotatable bonds is 6. The summed E-state index contributed by atoms with van der Waals surface area (Å²) in [6.07, 6.45) is 0.783. The van der Waals surface area contributed by atoms with Gasteiger partial charge < -0.3 is 10.6 Å². The van der Waals surface area contributed by atoms with E-state index in [2.05, 4.69) is 20.5 Å². The second kappa shape index (κ2) is 8.98. The third-order valence-electron chi connectivity index (χ3n) is 4.00. The van der Waals surface area contributed by atoms with E-state index in [1.165, 1.54) is 12.1 Å². The molecule has 0 spiro atoms. The third-order valence-corrected chi connectivity index (χ3v) is 5.61. The molecule has 1 saturated heterocycles. The van der Waals surface area contributed by atoms with E-state index in [4.69, 9.17) is 0 Å². The van der Waals surface area contributed by atoms with Gasteiger partial charge in [-0.05, 0) is 24.1 Å². The highest BCUT2D eigenvalue weighted by molar-refractivity contribution is 7.91. The quantitative estimate of drug-likeness (QED) is 0.565. The van der Waals surface area contributed by atoms with E-state index in [0.29, 0.717) is 32.1 Å². The maximum Gasteiger partial charge on any atom is 0.191 e. The van der Waals surface area contributed by atoms with Gasteiger partial charge in [0, 0.05) is 39.8 Å². The molecule has 0 radical (unpaired) electrons. The Labute approximate surface area is 143 Å². The number of guanidine groups is 1. The van der Waals surface area contributed by atoms with Crippen LogP contribution in [0.5, 0.6) is 0 Å². The summed E-state index contributed by atoms with van der Waals surface area (Å²) >= 11 is 0. The summed E-state index contributed by atoms with van der Waals surface area (Å²) in [5.41, 5.74) is 1.06. The van der Waals surface area contributed by atoms with Crippen molar-refractivity contribution in [1.29, 1.82) is 0 Å². The zero-order chi connectivity index (χ0) is 17.4. The van der Waals surface area contributed by atoms with Gasteiger partial charge >= 0.3 is 0 Å². The molecule has 1 aromatic rings. The molecule has 1 heterocycles. The van der Waals surface area contributed by atoms with E-state index in [1.807, 2.05) is 0 Å². The van der Waals surface area contributed by atoms with E-state index in [1.54, 1.807) is 19.2 Å². The van der Waals surface area contributed by atoms with Crippen molar-refractivity contribution in [3.63, 3.8) is 0 Å². The lowest BCUT2D eigenvalue weighted by Gasteiger charge is -2.26. The first-order valence-electron chi connectivity index (χ1n) is 8.10. The number of benzene rings is 1.